The summed E-state index contributed by atoms with van der Waals surface area (Å²) in [5.74, 6) is -1.91. The van der Waals surface area contributed by atoms with Crippen molar-refractivity contribution in [2.45, 2.75) is 20.3 Å². The second kappa shape index (κ2) is 6.16. The monoisotopic (exact) mass is 188 g/mol. The Morgan fingerprint density at radius 3 is 2.08 bits per heavy atom. The molecule has 0 amide bonds. The minimum Gasteiger partial charge on any atom is -0.462 e. The largest absolute Gasteiger partial charge is 0.462 e. The third kappa shape index (κ3) is 5.84. The first kappa shape index (κ1) is 11.6. The summed E-state index contributed by atoms with van der Waals surface area (Å²) in [5, 5.41) is 0. The highest BCUT2D eigenvalue weighted by Crippen LogP contribution is 1.87. The quantitative estimate of drug-likeness (QED) is 0.347. The standard InChI is InChI=1S/C8H12O5/c1-3-7(10)8(11)13-5-4-12-6(2)9/h3-5H2,1-2H3. The maximum Gasteiger partial charge on any atom is 0.374 e. The summed E-state index contributed by atoms with van der Waals surface area (Å²) in [7, 11) is 0. The van der Waals surface area contributed by atoms with Gasteiger partial charge >= 0.3 is 11.9 Å². The van der Waals surface area contributed by atoms with Crippen molar-refractivity contribution >= 4 is 17.7 Å². The highest BCUT2D eigenvalue weighted by molar-refractivity contribution is 6.33. The number of carbonyl (C=O) groups excluding carboxylic acids is 3. The molecule has 74 valence electrons. The molecule has 0 unspecified atom stereocenters. The van der Waals surface area contributed by atoms with Crippen molar-refractivity contribution in [1.29, 1.82) is 0 Å². The predicted molar refractivity (Wildman–Crippen MR) is 42.9 cm³/mol. The fraction of sp³-hybridized carbons (Fsp3) is 0.625. The Hall–Kier alpha value is -1.39. The topological polar surface area (TPSA) is 69.7 Å². The fourth-order valence-electron chi connectivity index (χ4n) is 0.545. The van der Waals surface area contributed by atoms with E-state index in [1.165, 1.54) is 6.92 Å². The normalized spacial score (nSPS) is 9.08. The Labute approximate surface area is 76.0 Å². The summed E-state index contributed by atoms with van der Waals surface area (Å²) in [6.45, 7) is 2.72. The van der Waals surface area contributed by atoms with E-state index in [0.29, 0.717) is 0 Å². The molecule has 0 aromatic carbocycles. The summed E-state index contributed by atoms with van der Waals surface area (Å²) < 4.78 is 8.96. The first-order valence-corrected chi connectivity index (χ1v) is 3.91. The van der Waals surface area contributed by atoms with Crippen LogP contribution in [0.5, 0.6) is 0 Å². The first-order chi connectivity index (χ1) is 6.07. The van der Waals surface area contributed by atoms with Gasteiger partial charge in [0.1, 0.15) is 13.2 Å². The Kier molecular flexibility index (Phi) is 5.50. The Morgan fingerprint density at radius 1 is 1.08 bits per heavy atom. The van der Waals surface area contributed by atoms with Gasteiger partial charge in [-0.3, -0.25) is 9.59 Å². The van der Waals surface area contributed by atoms with Crippen LogP contribution in [0, 0.1) is 0 Å². The van der Waals surface area contributed by atoms with E-state index in [2.05, 4.69) is 9.47 Å². The van der Waals surface area contributed by atoms with Gasteiger partial charge in [0.05, 0.1) is 0 Å². The minimum atomic E-state index is -0.880. The lowest BCUT2D eigenvalue weighted by Gasteiger charge is -2.02. The van der Waals surface area contributed by atoms with Crippen LogP contribution in [0.1, 0.15) is 20.3 Å². The van der Waals surface area contributed by atoms with Gasteiger partial charge in [-0.1, -0.05) is 6.92 Å². The van der Waals surface area contributed by atoms with Crippen LogP contribution in [0.2, 0.25) is 0 Å². The molecule has 0 N–H and O–H groups in total. The van der Waals surface area contributed by atoms with Gasteiger partial charge < -0.3 is 9.47 Å². The summed E-state index contributed by atoms with van der Waals surface area (Å²) >= 11 is 0. The van der Waals surface area contributed by atoms with E-state index < -0.39 is 17.7 Å². The van der Waals surface area contributed by atoms with Crippen LogP contribution in [0.15, 0.2) is 0 Å². The number of Topliss-reactive ketones (excluding diaryl/α,β-unsaturated/α-hetero) is 1. The Balaban J connectivity index is 3.48. The van der Waals surface area contributed by atoms with Crippen molar-refractivity contribution in [1.82, 2.24) is 0 Å². The van der Waals surface area contributed by atoms with Crippen molar-refractivity contribution in [3.8, 4) is 0 Å². The molecule has 0 saturated heterocycles. The molecule has 5 heteroatoms. The number of esters is 2. The first-order valence-electron chi connectivity index (χ1n) is 3.91. The van der Waals surface area contributed by atoms with Crippen molar-refractivity contribution < 1.29 is 23.9 Å². The maximum absolute atomic E-state index is 10.7. The molecular formula is C8H12O5. The van der Waals surface area contributed by atoms with Gasteiger partial charge in [-0.15, -0.1) is 0 Å². The molecule has 0 aliphatic carbocycles. The molecule has 0 saturated carbocycles. The SMILES string of the molecule is CCC(=O)C(=O)OCCOC(C)=O. The van der Waals surface area contributed by atoms with Crippen LogP contribution in [0.4, 0.5) is 0 Å². The van der Waals surface area contributed by atoms with Crippen LogP contribution >= 0.6 is 0 Å². The molecule has 0 radical (unpaired) electrons. The van der Waals surface area contributed by atoms with Gasteiger partial charge in [-0.25, -0.2) is 4.79 Å². The minimum absolute atomic E-state index is 0.0158. The highest BCUT2D eigenvalue weighted by atomic mass is 16.6. The Bertz CT molecular complexity index is 209. The number of hydrogen-bond acceptors (Lipinski definition) is 5. The van der Waals surface area contributed by atoms with E-state index in [1.807, 2.05) is 0 Å². The average Bonchev–Trinajstić information content (AvgIpc) is 2.10. The van der Waals surface area contributed by atoms with E-state index >= 15 is 0 Å². The molecule has 0 aliphatic heterocycles. The molecule has 0 rings (SSSR count). The van der Waals surface area contributed by atoms with Gasteiger partial charge in [0.25, 0.3) is 0 Å². The number of hydrogen-bond donors (Lipinski definition) is 0. The molecular weight excluding hydrogens is 176 g/mol. The van der Waals surface area contributed by atoms with E-state index in [1.54, 1.807) is 6.92 Å². The van der Waals surface area contributed by atoms with Crippen molar-refractivity contribution in [2.75, 3.05) is 13.2 Å². The molecule has 13 heavy (non-hydrogen) atoms. The average molecular weight is 188 g/mol. The fourth-order valence-corrected chi connectivity index (χ4v) is 0.545. The number of ketones is 1. The number of rotatable bonds is 5. The van der Waals surface area contributed by atoms with E-state index in [4.69, 9.17) is 0 Å². The van der Waals surface area contributed by atoms with Crippen LogP contribution in [-0.2, 0) is 23.9 Å². The molecule has 0 bridgehead atoms. The molecule has 0 heterocycles. The predicted octanol–water partition coefficient (Wildman–Crippen LogP) is 0.0718. The second-order valence-corrected chi connectivity index (χ2v) is 2.25. The Morgan fingerprint density at radius 2 is 1.62 bits per heavy atom. The highest BCUT2D eigenvalue weighted by Gasteiger charge is 2.11. The van der Waals surface area contributed by atoms with Crippen LogP contribution < -0.4 is 0 Å². The third-order valence-corrected chi connectivity index (χ3v) is 1.17. The maximum atomic E-state index is 10.7. The van der Waals surface area contributed by atoms with Gasteiger partial charge in [-0.05, 0) is 0 Å². The van der Waals surface area contributed by atoms with Gasteiger partial charge in [0.2, 0.25) is 5.78 Å². The van der Waals surface area contributed by atoms with Gasteiger partial charge in [-0.2, -0.15) is 0 Å². The van der Waals surface area contributed by atoms with Crippen LogP contribution in [-0.4, -0.2) is 30.9 Å². The van der Waals surface area contributed by atoms with E-state index in [-0.39, 0.29) is 19.6 Å². The van der Waals surface area contributed by atoms with Crippen molar-refractivity contribution in [3.63, 3.8) is 0 Å². The third-order valence-electron chi connectivity index (χ3n) is 1.17. The molecule has 5 nitrogen and oxygen atoms in total. The lowest BCUT2D eigenvalue weighted by atomic mass is 10.3. The van der Waals surface area contributed by atoms with Crippen LogP contribution in [0.3, 0.4) is 0 Å². The smallest absolute Gasteiger partial charge is 0.374 e. The van der Waals surface area contributed by atoms with Crippen molar-refractivity contribution in [2.24, 2.45) is 0 Å². The van der Waals surface area contributed by atoms with E-state index in [9.17, 15) is 14.4 Å². The molecule has 0 aromatic heterocycles. The molecule has 0 fully saturated rings. The zero-order chi connectivity index (χ0) is 10.3. The molecule has 0 aliphatic rings. The second-order valence-electron chi connectivity index (χ2n) is 2.25. The zero-order valence-electron chi connectivity index (χ0n) is 7.66. The van der Waals surface area contributed by atoms with Gasteiger partial charge in [0.15, 0.2) is 0 Å². The summed E-state index contributed by atoms with van der Waals surface area (Å²) in [6.07, 6.45) is 0.117. The van der Waals surface area contributed by atoms with Crippen molar-refractivity contribution in [3.05, 3.63) is 0 Å². The molecule has 0 aromatic rings. The summed E-state index contributed by atoms with van der Waals surface area (Å²) in [6, 6.07) is 0. The molecule has 0 spiro atoms. The van der Waals surface area contributed by atoms with Gasteiger partial charge in [0, 0.05) is 13.3 Å². The number of carbonyl (C=O) groups is 3. The summed E-state index contributed by atoms with van der Waals surface area (Å²) in [4.78, 5) is 31.6. The number of ether oxygens (including phenoxy) is 2. The van der Waals surface area contributed by atoms with E-state index in [0.717, 1.165) is 0 Å². The summed E-state index contributed by atoms with van der Waals surface area (Å²) in [5.41, 5.74) is 0. The lowest BCUT2D eigenvalue weighted by molar-refractivity contribution is -0.156. The van der Waals surface area contributed by atoms with Crippen LogP contribution in [0.25, 0.3) is 0 Å². The lowest BCUT2D eigenvalue weighted by Crippen LogP contribution is -2.19. The molecule has 0 atom stereocenters. The zero-order valence-corrected chi connectivity index (χ0v) is 7.66.